The van der Waals surface area contributed by atoms with Gasteiger partial charge in [-0.15, -0.1) is 0 Å². The van der Waals surface area contributed by atoms with Crippen molar-refractivity contribution in [1.82, 2.24) is 5.43 Å². The second-order valence-corrected chi connectivity index (χ2v) is 7.50. The predicted octanol–water partition coefficient (Wildman–Crippen LogP) is 3.01. The van der Waals surface area contributed by atoms with Crippen LogP contribution in [-0.2, 0) is 24.1 Å². The van der Waals surface area contributed by atoms with Crippen LogP contribution >= 0.6 is 11.9 Å². The first-order valence-electron chi connectivity index (χ1n) is 8.45. The van der Waals surface area contributed by atoms with Gasteiger partial charge in [0.2, 0.25) is 4.27 Å². The molecule has 4 rings (SSSR count). The molecular weight excluding hydrogens is 336 g/mol. The van der Waals surface area contributed by atoms with E-state index >= 15 is 0 Å². The van der Waals surface area contributed by atoms with E-state index in [1.54, 1.807) is 0 Å². The van der Waals surface area contributed by atoms with Crippen molar-refractivity contribution in [3.8, 4) is 5.75 Å². The van der Waals surface area contributed by atoms with Crippen molar-refractivity contribution in [3.63, 3.8) is 0 Å². The molecule has 6 heteroatoms. The standard InChI is InChI=1S/C19H18N2O3S/c22-19-18(25-21(23)20-19)12-14-7-4-8-17-16(14)10-9-15(24-17)11-13-5-2-1-3-6-13/h1-8,15,18H,9-12H2/p+1. The van der Waals surface area contributed by atoms with Crippen LogP contribution in [0, 0.1) is 4.91 Å². The molecule has 25 heavy (non-hydrogen) atoms. The Morgan fingerprint density at radius 1 is 1.12 bits per heavy atom. The Bertz CT molecular complexity index is 810. The molecule has 0 saturated carbocycles. The van der Waals surface area contributed by atoms with Crippen LogP contribution in [0.4, 0.5) is 0 Å². The topological polar surface area (TPSA) is 58.4 Å². The van der Waals surface area contributed by atoms with Crippen molar-refractivity contribution in [2.45, 2.75) is 37.0 Å². The van der Waals surface area contributed by atoms with Crippen molar-refractivity contribution in [1.29, 1.82) is 0 Å². The van der Waals surface area contributed by atoms with E-state index in [4.69, 9.17) is 4.74 Å². The molecule has 2 aromatic carbocycles. The van der Waals surface area contributed by atoms with Gasteiger partial charge in [0, 0.05) is 12.8 Å². The Kier molecular flexibility index (Phi) is 4.44. The third kappa shape index (κ3) is 3.54. The van der Waals surface area contributed by atoms with Gasteiger partial charge in [-0.2, -0.15) is 0 Å². The van der Waals surface area contributed by atoms with Crippen LogP contribution in [0.2, 0.25) is 0 Å². The van der Waals surface area contributed by atoms with Gasteiger partial charge >= 0.3 is 0 Å². The van der Waals surface area contributed by atoms with Gasteiger partial charge in [-0.3, -0.25) is 4.79 Å². The first-order chi connectivity index (χ1) is 12.2. The summed E-state index contributed by atoms with van der Waals surface area (Å²) in [5, 5.41) is -0.369. The number of hydrazine groups is 1. The number of nitrogens with one attached hydrogen (secondary N) is 1. The lowest BCUT2D eigenvalue weighted by atomic mass is 9.92. The van der Waals surface area contributed by atoms with Crippen LogP contribution in [-0.4, -0.2) is 21.5 Å². The maximum absolute atomic E-state index is 11.8. The van der Waals surface area contributed by atoms with Gasteiger partial charge in [0.15, 0.2) is 5.25 Å². The summed E-state index contributed by atoms with van der Waals surface area (Å²) in [7, 11) is 0. The number of nitroso groups, excluding NO2 is 1. The number of hydrogen-bond acceptors (Lipinski definition) is 4. The van der Waals surface area contributed by atoms with Gasteiger partial charge in [0.1, 0.15) is 11.9 Å². The van der Waals surface area contributed by atoms with E-state index in [0.29, 0.717) is 10.7 Å². The minimum absolute atomic E-state index is 0.173. The van der Waals surface area contributed by atoms with Gasteiger partial charge in [-0.05, 0) is 35.6 Å². The van der Waals surface area contributed by atoms with E-state index in [0.717, 1.165) is 42.5 Å². The number of nitrogens with zero attached hydrogens (tertiary/aromatic N) is 1. The molecular formula is C19H19N2O3S+. The van der Waals surface area contributed by atoms with Crippen LogP contribution < -0.4 is 10.2 Å². The largest absolute Gasteiger partial charge is 0.490 e. The summed E-state index contributed by atoms with van der Waals surface area (Å²) in [6.45, 7) is 0. The number of amides is 1. The van der Waals surface area contributed by atoms with Crippen molar-refractivity contribution in [2.75, 3.05) is 0 Å². The monoisotopic (exact) mass is 355 g/mol. The van der Waals surface area contributed by atoms with E-state index in [1.807, 2.05) is 36.4 Å². The fourth-order valence-corrected chi connectivity index (χ4v) is 4.22. The van der Waals surface area contributed by atoms with E-state index in [1.165, 1.54) is 11.1 Å². The average Bonchev–Trinajstić information content (AvgIpc) is 2.93. The molecule has 0 bridgehead atoms. The predicted molar refractivity (Wildman–Crippen MR) is 96.2 cm³/mol. The fraction of sp³-hybridized carbons (Fsp3) is 0.316. The number of benzene rings is 2. The van der Waals surface area contributed by atoms with Gasteiger partial charge in [-0.1, -0.05) is 47.9 Å². The lowest BCUT2D eigenvalue weighted by Gasteiger charge is -2.28. The maximum atomic E-state index is 11.8. The zero-order chi connectivity index (χ0) is 17.2. The lowest BCUT2D eigenvalue weighted by molar-refractivity contribution is -0.420. The second-order valence-electron chi connectivity index (χ2n) is 6.39. The van der Waals surface area contributed by atoms with E-state index in [2.05, 4.69) is 17.6 Å². The van der Waals surface area contributed by atoms with Crippen molar-refractivity contribution >= 4 is 17.9 Å². The molecule has 0 radical (unpaired) electrons. The third-order valence-electron chi connectivity index (χ3n) is 4.67. The molecule has 1 fully saturated rings. The van der Waals surface area contributed by atoms with Crippen LogP contribution in [0.15, 0.2) is 48.5 Å². The quantitative estimate of drug-likeness (QED) is 0.677. The van der Waals surface area contributed by atoms with Crippen LogP contribution in [0.1, 0.15) is 23.1 Å². The number of hydrogen-bond donors (Lipinski definition) is 1. The zero-order valence-corrected chi connectivity index (χ0v) is 14.5. The Labute approximate surface area is 150 Å². The molecule has 2 atom stereocenters. The van der Waals surface area contributed by atoms with E-state index in [-0.39, 0.29) is 17.3 Å². The Hall–Kier alpha value is -2.34. The van der Waals surface area contributed by atoms with Crippen LogP contribution in [0.5, 0.6) is 5.75 Å². The number of carbonyl (C=O) groups excluding carboxylic acids is 1. The summed E-state index contributed by atoms with van der Waals surface area (Å²) in [5.74, 6) is 0.684. The molecule has 0 spiro atoms. The number of fused-ring (bicyclic) bond motifs is 1. The third-order valence-corrected chi connectivity index (χ3v) is 5.59. The lowest BCUT2D eigenvalue weighted by Crippen LogP contribution is -2.28. The molecule has 1 N–H and O–H groups in total. The van der Waals surface area contributed by atoms with Crippen molar-refractivity contribution < 1.29 is 13.8 Å². The van der Waals surface area contributed by atoms with Crippen molar-refractivity contribution in [2.24, 2.45) is 0 Å². The minimum Gasteiger partial charge on any atom is -0.490 e. The van der Waals surface area contributed by atoms with Crippen LogP contribution in [0.3, 0.4) is 0 Å². The van der Waals surface area contributed by atoms with Gasteiger partial charge in [0.05, 0.1) is 4.91 Å². The molecule has 2 heterocycles. The summed E-state index contributed by atoms with van der Waals surface area (Å²) in [6, 6.07) is 16.4. The molecule has 2 aliphatic rings. The summed E-state index contributed by atoms with van der Waals surface area (Å²) in [4.78, 5) is 23.1. The Balaban J connectivity index is 1.48. The van der Waals surface area contributed by atoms with Gasteiger partial charge in [-0.25, -0.2) is 0 Å². The fourth-order valence-electron chi connectivity index (χ4n) is 3.44. The Morgan fingerprint density at radius 3 is 2.72 bits per heavy atom. The number of ether oxygens (including phenoxy) is 1. The maximum Gasteiger partial charge on any atom is 0.300 e. The van der Waals surface area contributed by atoms with E-state index < -0.39 is 0 Å². The second kappa shape index (κ2) is 6.88. The zero-order valence-electron chi connectivity index (χ0n) is 13.7. The highest BCUT2D eigenvalue weighted by molar-refractivity contribution is 7.95. The number of rotatable bonds is 4. The molecule has 2 unspecified atom stereocenters. The minimum atomic E-state index is -0.369. The summed E-state index contributed by atoms with van der Waals surface area (Å²) in [6.07, 6.45) is 3.51. The molecule has 2 aliphatic heterocycles. The highest BCUT2D eigenvalue weighted by Crippen LogP contribution is 2.33. The highest BCUT2D eigenvalue weighted by Gasteiger charge is 2.41. The van der Waals surface area contributed by atoms with Crippen LogP contribution in [0.25, 0.3) is 0 Å². The first-order valence-corrected chi connectivity index (χ1v) is 9.28. The highest BCUT2D eigenvalue weighted by atomic mass is 32.2. The Morgan fingerprint density at radius 2 is 1.96 bits per heavy atom. The SMILES string of the molecule is O=C1N[N+](=O)SC1Cc1cccc2c1CCC(Cc1ccccc1)O2. The van der Waals surface area contributed by atoms with Crippen molar-refractivity contribution in [3.05, 3.63) is 70.1 Å². The average molecular weight is 355 g/mol. The molecule has 1 saturated heterocycles. The molecule has 1 amide bonds. The van der Waals surface area contributed by atoms with Gasteiger partial charge in [0.25, 0.3) is 17.9 Å². The van der Waals surface area contributed by atoms with E-state index in [9.17, 15) is 9.70 Å². The summed E-state index contributed by atoms with van der Waals surface area (Å²) < 4.78 is 6.75. The summed E-state index contributed by atoms with van der Waals surface area (Å²) in [5.41, 5.74) is 5.82. The molecule has 2 aromatic rings. The number of carbonyl (C=O) groups is 1. The molecule has 0 aromatic heterocycles. The molecule has 128 valence electrons. The summed E-state index contributed by atoms with van der Waals surface area (Å²) >= 11 is 0.998. The first kappa shape index (κ1) is 16.1. The normalized spacial score (nSPS) is 22.2. The molecule has 0 aliphatic carbocycles. The smallest absolute Gasteiger partial charge is 0.300 e. The molecule has 5 nitrogen and oxygen atoms in total. The van der Waals surface area contributed by atoms with Gasteiger partial charge < -0.3 is 4.74 Å².